The largest absolute Gasteiger partial charge is 0.504 e. The SMILES string of the molecule is Cc1c(OCc2cccc(Cl)c2)c(O)cc[n+]1C. The van der Waals surface area contributed by atoms with E-state index in [1.807, 2.05) is 42.8 Å². The summed E-state index contributed by atoms with van der Waals surface area (Å²) in [5.74, 6) is 0.646. The minimum Gasteiger partial charge on any atom is -0.504 e. The summed E-state index contributed by atoms with van der Waals surface area (Å²) >= 11 is 5.91. The van der Waals surface area contributed by atoms with Gasteiger partial charge in [0.15, 0.2) is 11.9 Å². The van der Waals surface area contributed by atoms with Gasteiger partial charge in [0.1, 0.15) is 13.7 Å². The van der Waals surface area contributed by atoms with Crippen LogP contribution in [-0.4, -0.2) is 5.11 Å². The van der Waals surface area contributed by atoms with Crippen LogP contribution >= 0.6 is 11.6 Å². The molecule has 94 valence electrons. The zero-order chi connectivity index (χ0) is 13.1. The van der Waals surface area contributed by atoms with Crippen molar-refractivity contribution in [3.63, 3.8) is 0 Å². The molecule has 0 radical (unpaired) electrons. The highest BCUT2D eigenvalue weighted by Crippen LogP contribution is 2.27. The number of nitrogens with zero attached hydrogens (tertiary/aromatic N) is 1. The second kappa shape index (κ2) is 5.27. The van der Waals surface area contributed by atoms with Gasteiger partial charge < -0.3 is 9.84 Å². The summed E-state index contributed by atoms with van der Waals surface area (Å²) in [5, 5.41) is 10.5. The Kier molecular flexibility index (Phi) is 3.72. The van der Waals surface area contributed by atoms with Gasteiger partial charge in [0, 0.05) is 18.0 Å². The second-order valence-electron chi connectivity index (χ2n) is 4.15. The number of aromatic nitrogens is 1. The minimum absolute atomic E-state index is 0.146. The number of hydrogen-bond acceptors (Lipinski definition) is 2. The average molecular weight is 265 g/mol. The molecule has 1 aromatic heterocycles. The summed E-state index contributed by atoms with van der Waals surface area (Å²) in [6, 6.07) is 9.08. The van der Waals surface area contributed by atoms with E-state index in [1.165, 1.54) is 0 Å². The third-order valence-electron chi connectivity index (χ3n) is 2.82. The fourth-order valence-corrected chi connectivity index (χ4v) is 1.89. The Labute approximate surface area is 111 Å². The smallest absolute Gasteiger partial charge is 0.229 e. The molecule has 0 unspecified atom stereocenters. The van der Waals surface area contributed by atoms with Gasteiger partial charge in [0.2, 0.25) is 11.4 Å². The van der Waals surface area contributed by atoms with Crippen molar-refractivity contribution >= 4 is 11.6 Å². The lowest BCUT2D eigenvalue weighted by Crippen LogP contribution is -2.31. The number of aryl methyl sites for hydroxylation is 1. The molecule has 0 aliphatic rings. The molecule has 0 atom stereocenters. The van der Waals surface area contributed by atoms with E-state index in [2.05, 4.69) is 0 Å². The van der Waals surface area contributed by atoms with Crippen LogP contribution in [0.3, 0.4) is 0 Å². The van der Waals surface area contributed by atoms with Crippen molar-refractivity contribution in [2.75, 3.05) is 0 Å². The zero-order valence-corrected chi connectivity index (χ0v) is 11.1. The van der Waals surface area contributed by atoms with Crippen LogP contribution in [0.4, 0.5) is 0 Å². The van der Waals surface area contributed by atoms with Crippen LogP contribution in [0.5, 0.6) is 11.5 Å². The molecule has 0 bridgehead atoms. The summed E-state index contributed by atoms with van der Waals surface area (Å²) in [6.45, 7) is 2.27. The van der Waals surface area contributed by atoms with E-state index >= 15 is 0 Å². The molecule has 1 N–H and O–H groups in total. The number of halogens is 1. The van der Waals surface area contributed by atoms with Gasteiger partial charge in [-0.3, -0.25) is 0 Å². The summed E-state index contributed by atoms with van der Waals surface area (Å²) in [5.41, 5.74) is 1.84. The number of benzene rings is 1. The van der Waals surface area contributed by atoms with Gasteiger partial charge in [0.05, 0.1) is 0 Å². The molecule has 0 saturated carbocycles. The predicted octanol–water partition coefficient (Wildman–Crippen LogP) is 2.76. The molecule has 18 heavy (non-hydrogen) atoms. The third kappa shape index (κ3) is 2.74. The first-order chi connectivity index (χ1) is 8.58. The highest BCUT2D eigenvalue weighted by molar-refractivity contribution is 6.30. The van der Waals surface area contributed by atoms with Crippen molar-refractivity contribution in [1.82, 2.24) is 0 Å². The van der Waals surface area contributed by atoms with Gasteiger partial charge in [-0.25, -0.2) is 4.57 Å². The predicted molar refractivity (Wildman–Crippen MR) is 69.8 cm³/mol. The number of hydrogen-bond donors (Lipinski definition) is 1. The summed E-state index contributed by atoms with van der Waals surface area (Å²) < 4.78 is 7.56. The lowest BCUT2D eigenvalue weighted by atomic mass is 10.2. The monoisotopic (exact) mass is 264 g/mol. The van der Waals surface area contributed by atoms with Crippen molar-refractivity contribution < 1.29 is 14.4 Å². The van der Waals surface area contributed by atoms with Crippen LogP contribution in [-0.2, 0) is 13.7 Å². The highest BCUT2D eigenvalue weighted by atomic mass is 35.5. The van der Waals surface area contributed by atoms with Crippen molar-refractivity contribution in [3.05, 3.63) is 52.8 Å². The molecular weight excluding hydrogens is 250 g/mol. The van der Waals surface area contributed by atoms with Gasteiger partial charge in [0.25, 0.3) is 0 Å². The molecule has 1 heterocycles. The van der Waals surface area contributed by atoms with E-state index in [0.29, 0.717) is 17.4 Å². The Morgan fingerprint density at radius 1 is 1.33 bits per heavy atom. The lowest BCUT2D eigenvalue weighted by molar-refractivity contribution is -0.678. The third-order valence-corrected chi connectivity index (χ3v) is 3.05. The Balaban J connectivity index is 2.18. The van der Waals surface area contributed by atoms with E-state index < -0.39 is 0 Å². The normalized spacial score (nSPS) is 10.4. The zero-order valence-electron chi connectivity index (χ0n) is 10.4. The molecule has 2 aromatic rings. The van der Waals surface area contributed by atoms with Crippen molar-refractivity contribution in [2.24, 2.45) is 7.05 Å². The van der Waals surface area contributed by atoms with Gasteiger partial charge in [-0.1, -0.05) is 23.7 Å². The average Bonchev–Trinajstić information content (AvgIpc) is 2.34. The summed E-state index contributed by atoms with van der Waals surface area (Å²) in [7, 11) is 1.90. The number of pyridine rings is 1. The topological polar surface area (TPSA) is 33.3 Å². The quantitative estimate of drug-likeness (QED) is 0.865. The molecule has 0 aliphatic carbocycles. The van der Waals surface area contributed by atoms with E-state index in [0.717, 1.165) is 11.3 Å². The van der Waals surface area contributed by atoms with Crippen LogP contribution in [0.15, 0.2) is 36.5 Å². The number of rotatable bonds is 3. The van der Waals surface area contributed by atoms with Gasteiger partial charge in [-0.05, 0) is 17.7 Å². The maximum absolute atomic E-state index is 9.78. The Bertz CT molecular complexity index is 570. The molecule has 3 nitrogen and oxygen atoms in total. The second-order valence-corrected chi connectivity index (χ2v) is 4.58. The minimum atomic E-state index is 0.146. The standard InChI is InChI=1S/C14H14ClNO2/c1-10-14(13(17)6-7-16(10)2)18-9-11-4-3-5-12(15)8-11/h3-8H,9H2,1-2H3/p+1. The lowest BCUT2D eigenvalue weighted by Gasteiger charge is -2.09. The molecule has 4 heteroatoms. The van der Waals surface area contributed by atoms with Gasteiger partial charge >= 0.3 is 0 Å². The number of ether oxygens (including phenoxy) is 1. The van der Waals surface area contributed by atoms with Crippen molar-refractivity contribution in [1.29, 1.82) is 0 Å². The van der Waals surface area contributed by atoms with Crippen LogP contribution in [0.1, 0.15) is 11.3 Å². The number of aromatic hydroxyl groups is 1. The van der Waals surface area contributed by atoms with E-state index in [4.69, 9.17) is 16.3 Å². The Hall–Kier alpha value is -1.74. The maximum atomic E-state index is 9.78. The highest BCUT2D eigenvalue weighted by Gasteiger charge is 2.14. The molecule has 2 rings (SSSR count). The molecule has 0 amide bonds. The Morgan fingerprint density at radius 3 is 2.83 bits per heavy atom. The molecular formula is C14H15ClNO2+. The summed E-state index contributed by atoms with van der Waals surface area (Å²) in [6.07, 6.45) is 1.79. The molecule has 0 aliphatic heterocycles. The molecule has 1 aromatic carbocycles. The van der Waals surface area contributed by atoms with Crippen molar-refractivity contribution in [3.8, 4) is 11.5 Å². The van der Waals surface area contributed by atoms with Crippen LogP contribution in [0.2, 0.25) is 5.02 Å². The van der Waals surface area contributed by atoms with Crippen LogP contribution in [0, 0.1) is 6.92 Å². The first-order valence-corrected chi connectivity index (χ1v) is 6.01. The van der Waals surface area contributed by atoms with E-state index in [-0.39, 0.29) is 5.75 Å². The van der Waals surface area contributed by atoms with Crippen LogP contribution < -0.4 is 9.30 Å². The van der Waals surface area contributed by atoms with E-state index in [1.54, 1.807) is 12.3 Å². The Morgan fingerprint density at radius 2 is 2.11 bits per heavy atom. The molecule has 0 fully saturated rings. The van der Waals surface area contributed by atoms with Gasteiger partial charge in [-0.2, -0.15) is 0 Å². The van der Waals surface area contributed by atoms with Crippen molar-refractivity contribution in [2.45, 2.75) is 13.5 Å². The fraction of sp³-hybridized carbons (Fsp3) is 0.214. The van der Waals surface area contributed by atoms with Gasteiger partial charge in [-0.15, -0.1) is 0 Å². The first kappa shape index (κ1) is 12.7. The van der Waals surface area contributed by atoms with Crippen LogP contribution in [0.25, 0.3) is 0 Å². The van der Waals surface area contributed by atoms with E-state index in [9.17, 15) is 5.11 Å². The summed E-state index contributed by atoms with van der Waals surface area (Å²) in [4.78, 5) is 0. The maximum Gasteiger partial charge on any atom is 0.229 e. The molecule has 0 spiro atoms. The fourth-order valence-electron chi connectivity index (χ4n) is 1.68. The molecule has 0 saturated heterocycles. The first-order valence-electron chi connectivity index (χ1n) is 5.63.